The molecule has 3 aromatic rings. The van der Waals surface area contributed by atoms with Crippen LogP contribution in [-0.4, -0.2) is 11.4 Å². The first kappa shape index (κ1) is 11.5. The Hall–Kier alpha value is -2.61. The number of phenolic OH excluding ortho intramolecular Hbond substituents is 1. The summed E-state index contributed by atoms with van der Waals surface area (Å²) in [5.74, 6) is 0.224. The van der Waals surface area contributed by atoms with E-state index in [9.17, 15) is 9.90 Å². The van der Waals surface area contributed by atoms with Crippen molar-refractivity contribution in [1.82, 2.24) is 0 Å². The van der Waals surface area contributed by atoms with Gasteiger partial charge in [0.1, 0.15) is 12.0 Å². The largest absolute Gasteiger partial charge is 0.507 e. The van der Waals surface area contributed by atoms with E-state index in [1.165, 1.54) is 0 Å². The molecule has 3 rings (SSSR count). The van der Waals surface area contributed by atoms with Gasteiger partial charge in [0.2, 0.25) is 0 Å². The summed E-state index contributed by atoms with van der Waals surface area (Å²) < 4.78 is 0. The van der Waals surface area contributed by atoms with Gasteiger partial charge in [-0.05, 0) is 28.5 Å². The molecule has 0 aromatic heterocycles. The van der Waals surface area contributed by atoms with Crippen molar-refractivity contribution in [1.29, 1.82) is 0 Å². The van der Waals surface area contributed by atoms with Crippen molar-refractivity contribution in [2.75, 3.05) is 0 Å². The number of hydrogen-bond donors (Lipinski definition) is 1. The highest BCUT2D eigenvalue weighted by molar-refractivity contribution is 6.00. The third kappa shape index (κ3) is 1.97. The van der Waals surface area contributed by atoms with Crippen LogP contribution >= 0.6 is 0 Å². The van der Waals surface area contributed by atoms with Crippen molar-refractivity contribution in [2.45, 2.75) is 0 Å². The zero-order chi connectivity index (χ0) is 13.2. The van der Waals surface area contributed by atoms with Crippen molar-refractivity contribution in [3.63, 3.8) is 0 Å². The number of fused-ring (bicyclic) bond motifs is 1. The Morgan fingerprint density at radius 1 is 0.895 bits per heavy atom. The molecule has 0 fully saturated rings. The van der Waals surface area contributed by atoms with Crippen LogP contribution in [0, 0.1) is 0 Å². The van der Waals surface area contributed by atoms with Crippen LogP contribution in [0.2, 0.25) is 0 Å². The normalized spacial score (nSPS) is 10.5. The lowest BCUT2D eigenvalue weighted by molar-refractivity contribution is 0.112. The van der Waals surface area contributed by atoms with E-state index in [2.05, 4.69) is 0 Å². The Bertz CT molecular complexity index is 760. The molecule has 0 bridgehead atoms. The van der Waals surface area contributed by atoms with E-state index >= 15 is 0 Å². The molecule has 19 heavy (non-hydrogen) atoms. The van der Waals surface area contributed by atoms with E-state index in [1.54, 1.807) is 18.2 Å². The number of aromatic hydroxyl groups is 1. The van der Waals surface area contributed by atoms with Crippen LogP contribution in [0.4, 0.5) is 0 Å². The van der Waals surface area contributed by atoms with Crippen LogP contribution < -0.4 is 0 Å². The molecular formula is C17H12O2. The van der Waals surface area contributed by atoms with Crippen molar-refractivity contribution in [2.24, 2.45) is 0 Å². The predicted octanol–water partition coefficient (Wildman–Crippen LogP) is 4.02. The van der Waals surface area contributed by atoms with Crippen LogP contribution in [-0.2, 0) is 0 Å². The number of carbonyl (C=O) groups is 1. The topological polar surface area (TPSA) is 37.3 Å². The summed E-state index contributed by atoms with van der Waals surface area (Å²) in [7, 11) is 0. The van der Waals surface area contributed by atoms with Gasteiger partial charge in [0.05, 0.1) is 0 Å². The summed E-state index contributed by atoms with van der Waals surface area (Å²) in [5.41, 5.74) is 2.21. The fraction of sp³-hybridized carbons (Fsp3) is 0. The number of hydrogen-bond acceptors (Lipinski definition) is 2. The molecule has 0 spiro atoms. The average molecular weight is 248 g/mol. The van der Waals surface area contributed by atoms with Gasteiger partial charge in [-0.25, -0.2) is 0 Å². The second kappa shape index (κ2) is 4.58. The van der Waals surface area contributed by atoms with Crippen molar-refractivity contribution in [3.05, 3.63) is 66.2 Å². The zero-order valence-electron chi connectivity index (χ0n) is 10.2. The van der Waals surface area contributed by atoms with Crippen LogP contribution in [0.1, 0.15) is 10.4 Å². The van der Waals surface area contributed by atoms with Crippen molar-refractivity contribution < 1.29 is 9.90 Å². The number of aldehydes is 1. The van der Waals surface area contributed by atoms with Crippen LogP contribution in [0.5, 0.6) is 5.75 Å². The number of carbonyl (C=O) groups excluding carboxylic acids is 1. The van der Waals surface area contributed by atoms with Gasteiger partial charge in [-0.15, -0.1) is 0 Å². The van der Waals surface area contributed by atoms with Gasteiger partial charge in [0, 0.05) is 11.1 Å². The highest BCUT2D eigenvalue weighted by Crippen LogP contribution is 2.36. The van der Waals surface area contributed by atoms with Gasteiger partial charge in [0.25, 0.3) is 0 Å². The first-order chi connectivity index (χ1) is 9.29. The standard InChI is InChI=1S/C17H12O2/c18-11-12-4-3-6-14(10-12)17-15-7-2-1-5-13(15)8-9-16(17)19/h1-11,19H. The Morgan fingerprint density at radius 2 is 1.74 bits per heavy atom. The molecule has 2 nitrogen and oxygen atoms in total. The van der Waals surface area contributed by atoms with Gasteiger partial charge in [-0.2, -0.15) is 0 Å². The number of phenols is 1. The summed E-state index contributed by atoms with van der Waals surface area (Å²) in [5, 5.41) is 12.2. The molecule has 0 aliphatic heterocycles. The maximum Gasteiger partial charge on any atom is 0.150 e. The summed E-state index contributed by atoms with van der Waals surface area (Å²) in [4.78, 5) is 10.9. The molecule has 0 aliphatic rings. The first-order valence-electron chi connectivity index (χ1n) is 6.06. The third-order valence-corrected chi connectivity index (χ3v) is 3.22. The highest BCUT2D eigenvalue weighted by atomic mass is 16.3. The molecule has 0 radical (unpaired) electrons. The van der Waals surface area contributed by atoms with Gasteiger partial charge >= 0.3 is 0 Å². The SMILES string of the molecule is O=Cc1cccc(-c2c(O)ccc3ccccc23)c1. The van der Waals surface area contributed by atoms with Gasteiger partial charge < -0.3 is 5.11 Å². The van der Waals surface area contributed by atoms with Gasteiger partial charge in [-0.1, -0.05) is 48.5 Å². The Labute approximate surface area is 110 Å². The van der Waals surface area contributed by atoms with E-state index < -0.39 is 0 Å². The van der Waals surface area contributed by atoms with E-state index in [0.29, 0.717) is 5.56 Å². The smallest absolute Gasteiger partial charge is 0.150 e. The lowest BCUT2D eigenvalue weighted by atomic mass is 9.96. The maximum absolute atomic E-state index is 10.9. The lowest BCUT2D eigenvalue weighted by Crippen LogP contribution is -1.85. The second-order valence-corrected chi connectivity index (χ2v) is 4.42. The molecule has 0 saturated heterocycles. The maximum atomic E-state index is 10.9. The minimum absolute atomic E-state index is 0.224. The van der Waals surface area contributed by atoms with Crippen molar-refractivity contribution in [3.8, 4) is 16.9 Å². The van der Waals surface area contributed by atoms with Gasteiger partial charge in [0.15, 0.2) is 0 Å². The molecule has 3 aromatic carbocycles. The predicted molar refractivity (Wildman–Crippen MR) is 76.4 cm³/mol. The molecule has 0 atom stereocenters. The molecule has 1 N–H and O–H groups in total. The van der Waals surface area contributed by atoms with E-state index in [0.717, 1.165) is 28.2 Å². The third-order valence-electron chi connectivity index (χ3n) is 3.22. The summed E-state index contributed by atoms with van der Waals surface area (Å²) in [6.07, 6.45) is 0.811. The minimum Gasteiger partial charge on any atom is -0.507 e. The highest BCUT2D eigenvalue weighted by Gasteiger charge is 2.09. The van der Waals surface area contributed by atoms with Crippen molar-refractivity contribution >= 4 is 17.1 Å². The quantitative estimate of drug-likeness (QED) is 0.695. The monoisotopic (exact) mass is 248 g/mol. The summed E-state index contributed by atoms with van der Waals surface area (Å²) >= 11 is 0. The Morgan fingerprint density at radius 3 is 2.58 bits per heavy atom. The van der Waals surface area contributed by atoms with E-state index in [1.807, 2.05) is 42.5 Å². The van der Waals surface area contributed by atoms with Crippen LogP contribution in [0.3, 0.4) is 0 Å². The van der Waals surface area contributed by atoms with E-state index in [4.69, 9.17) is 0 Å². The minimum atomic E-state index is 0.224. The molecule has 2 heteroatoms. The molecular weight excluding hydrogens is 236 g/mol. The lowest BCUT2D eigenvalue weighted by Gasteiger charge is -2.09. The first-order valence-corrected chi connectivity index (χ1v) is 6.06. The molecule has 0 heterocycles. The molecule has 0 aliphatic carbocycles. The Kier molecular flexibility index (Phi) is 2.76. The van der Waals surface area contributed by atoms with E-state index in [-0.39, 0.29) is 5.75 Å². The number of benzene rings is 3. The molecule has 0 saturated carbocycles. The summed E-state index contributed by atoms with van der Waals surface area (Å²) in [6, 6.07) is 18.7. The second-order valence-electron chi connectivity index (χ2n) is 4.42. The zero-order valence-corrected chi connectivity index (χ0v) is 10.2. The molecule has 92 valence electrons. The summed E-state index contributed by atoms with van der Waals surface area (Å²) in [6.45, 7) is 0. The molecule has 0 unspecified atom stereocenters. The Balaban J connectivity index is 2.34. The number of rotatable bonds is 2. The fourth-order valence-corrected chi connectivity index (χ4v) is 2.33. The van der Waals surface area contributed by atoms with Gasteiger partial charge in [-0.3, -0.25) is 4.79 Å². The van der Waals surface area contributed by atoms with Crippen LogP contribution in [0.25, 0.3) is 21.9 Å². The fourth-order valence-electron chi connectivity index (χ4n) is 2.33. The molecule has 0 amide bonds. The van der Waals surface area contributed by atoms with Crippen LogP contribution in [0.15, 0.2) is 60.7 Å². The average Bonchev–Trinajstić information content (AvgIpc) is 2.47.